The Bertz CT molecular complexity index is 646. The summed E-state index contributed by atoms with van der Waals surface area (Å²) >= 11 is 0. The van der Waals surface area contributed by atoms with Gasteiger partial charge in [-0.3, -0.25) is 4.79 Å². The van der Waals surface area contributed by atoms with Crippen molar-refractivity contribution in [1.82, 2.24) is 4.90 Å². The smallest absolute Gasteiger partial charge is 0.340 e. The SMILES string of the molecule is COC(=O)C1=C(C)N(C)C(=O)/C1=C\c1cccc(F)c1. The highest BCUT2D eigenvalue weighted by molar-refractivity contribution is 6.16. The highest BCUT2D eigenvalue weighted by Gasteiger charge is 2.34. The van der Waals surface area contributed by atoms with E-state index in [1.807, 2.05) is 0 Å². The van der Waals surface area contributed by atoms with Crippen molar-refractivity contribution < 1.29 is 18.7 Å². The lowest BCUT2D eigenvalue weighted by molar-refractivity contribution is -0.136. The lowest BCUT2D eigenvalue weighted by Crippen LogP contribution is -2.19. The van der Waals surface area contributed by atoms with E-state index < -0.39 is 11.8 Å². The third-order valence-electron chi connectivity index (χ3n) is 3.22. The second-order valence-corrected chi connectivity index (χ2v) is 4.43. The Balaban J connectivity index is 2.53. The molecule has 1 aliphatic heterocycles. The molecule has 0 bridgehead atoms. The average molecular weight is 275 g/mol. The maximum absolute atomic E-state index is 13.2. The Hall–Kier alpha value is -2.43. The lowest BCUT2D eigenvalue weighted by atomic mass is 10.0. The number of carbonyl (C=O) groups is 2. The molecule has 0 fully saturated rings. The van der Waals surface area contributed by atoms with Gasteiger partial charge in [0.2, 0.25) is 0 Å². The zero-order chi connectivity index (χ0) is 14.9. The van der Waals surface area contributed by atoms with Crippen LogP contribution < -0.4 is 0 Å². The predicted octanol–water partition coefficient (Wildman–Crippen LogP) is 2.13. The van der Waals surface area contributed by atoms with Gasteiger partial charge in [0.1, 0.15) is 5.82 Å². The van der Waals surface area contributed by atoms with Crippen LogP contribution in [-0.2, 0) is 14.3 Å². The van der Waals surface area contributed by atoms with Gasteiger partial charge < -0.3 is 9.64 Å². The van der Waals surface area contributed by atoms with E-state index in [2.05, 4.69) is 0 Å². The molecule has 0 aromatic heterocycles. The number of hydrogen-bond donors (Lipinski definition) is 0. The van der Waals surface area contributed by atoms with Crippen molar-refractivity contribution >= 4 is 18.0 Å². The van der Waals surface area contributed by atoms with Gasteiger partial charge in [0.05, 0.1) is 18.3 Å². The number of ether oxygens (including phenoxy) is 1. The number of amides is 1. The van der Waals surface area contributed by atoms with Crippen LogP contribution >= 0.6 is 0 Å². The van der Waals surface area contributed by atoms with Crippen molar-refractivity contribution in [3.63, 3.8) is 0 Å². The molecule has 1 aromatic carbocycles. The van der Waals surface area contributed by atoms with Gasteiger partial charge >= 0.3 is 5.97 Å². The number of benzene rings is 1. The first kappa shape index (κ1) is 14.0. The molecule has 0 saturated carbocycles. The Morgan fingerprint density at radius 2 is 2.10 bits per heavy atom. The van der Waals surface area contributed by atoms with Gasteiger partial charge in [0, 0.05) is 12.7 Å². The molecule has 1 heterocycles. The molecule has 0 atom stereocenters. The zero-order valence-electron chi connectivity index (χ0n) is 11.4. The molecule has 20 heavy (non-hydrogen) atoms. The summed E-state index contributed by atoms with van der Waals surface area (Å²) in [5, 5.41) is 0. The summed E-state index contributed by atoms with van der Waals surface area (Å²) in [6.45, 7) is 1.66. The summed E-state index contributed by atoms with van der Waals surface area (Å²) < 4.78 is 17.9. The topological polar surface area (TPSA) is 46.6 Å². The first-order valence-electron chi connectivity index (χ1n) is 6.00. The van der Waals surface area contributed by atoms with Gasteiger partial charge in [-0.1, -0.05) is 12.1 Å². The molecule has 0 radical (unpaired) electrons. The molecule has 2 rings (SSSR count). The fourth-order valence-electron chi connectivity index (χ4n) is 2.06. The number of carbonyl (C=O) groups excluding carboxylic acids is 2. The summed E-state index contributed by atoms with van der Waals surface area (Å²) in [5.41, 5.74) is 1.45. The third-order valence-corrected chi connectivity index (χ3v) is 3.22. The number of halogens is 1. The molecule has 0 saturated heterocycles. The maximum atomic E-state index is 13.2. The molecule has 0 N–H and O–H groups in total. The van der Waals surface area contributed by atoms with Gasteiger partial charge in [0.15, 0.2) is 0 Å². The van der Waals surface area contributed by atoms with E-state index in [9.17, 15) is 14.0 Å². The van der Waals surface area contributed by atoms with E-state index in [0.29, 0.717) is 11.3 Å². The summed E-state index contributed by atoms with van der Waals surface area (Å²) in [6.07, 6.45) is 1.49. The van der Waals surface area contributed by atoms with Crippen LogP contribution in [0.4, 0.5) is 4.39 Å². The Morgan fingerprint density at radius 1 is 1.40 bits per heavy atom. The van der Waals surface area contributed by atoms with Gasteiger partial charge in [-0.2, -0.15) is 0 Å². The number of rotatable bonds is 2. The molecule has 4 nitrogen and oxygen atoms in total. The molecule has 1 aromatic rings. The standard InChI is InChI=1S/C15H14FNO3/c1-9-13(15(19)20-3)12(14(18)17(9)2)8-10-5-4-6-11(16)7-10/h4-8H,1-3H3/b12-8-. The number of hydrogen-bond acceptors (Lipinski definition) is 3. The molecule has 0 unspecified atom stereocenters. The number of methoxy groups -OCH3 is 1. The minimum atomic E-state index is -0.581. The second kappa shape index (κ2) is 5.28. The van der Waals surface area contributed by atoms with Crippen molar-refractivity contribution in [2.45, 2.75) is 6.92 Å². The molecule has 0 aliphatic carbocycles. The lowest BCUT2D eigenvalue weighted by Gasteiger charge is -2.08. The molecule has 1 amide bonds. The maximum Gasteiger partial charge on any atom is 0.340 e. The van der Waals surface area contributed by atoms with E-state index in [1.165, 1.54) is 30.2 Å². The monoisotopic (exact) mass is 275 g/mol. The highest BCUT2D eigenvalue weighted by Crippen LogP contribution is 2.30. The van der Waals surface area contributed by atoms with Crippen molar-refractivity contribution in [2.24, 2.45) is 0 Å². The normalized spacial score (nSPS) is 17.1. The third kappa shape index (κ3) is 2.34. The quantitative estimate of drug-likeness (QED) is 0.613. The van der Waals surface area contributed by atoms with Crippen molar-refractivity contribution in [1.29, 1.82) is 0 Å². The number of allylic oxidation sites excluding steroid dienone is 1. The van der Waals surface area contributed by atoms with Crippen molar-refractivity contribution in [3.8, 4) is 0 Å². The minimum Gasteiger partial charge on any atom is -0.465 e. The Morgan fingerprint density at radius 3 is 2.70 bits per heavy atom. The van der Waals surface area contributed by atoms with E-state index in [-0.39, 0.29) is 17.1 Å². The fourth-order valence-corrected chi connectivity index (χ4v) is 2.06. The molecule has 5 heteroatoms. The molecule has 104 valence electrons. The van der Waals surface area contributed by atoms with Crippen LogP contribution in [0.1, 0.15) is 12.5 Å². The number of esters is 1. The van der Waals surface area contributed by atoms with Gasteiger partial charge in [-0.05, 0) is 30.7 Å². The van der Waals surface area contributed by atoms with Crippen molar-refractivity contribution in [3.05, 3.63) is 52.5 Å². The van der Waals surface area contributed by atoms with Crippen LogP contribution in [-0.4, -0.2) is 30.9 Å². The van der Waals surface area contributed by atoms with Crippen LogP contribution in [0.3, 0.4) is 0 Å². The van der Waals surface area contributed by atoms with E-state index in [4.69, 9.17) is 4.74 Å². The van der Waals surface area contributed by atoms with Crippen LogP contribution in [0.2, 0.25) is 0 Å². The highest BCUT2D eigenvalue weighted by atomic mass is 19.1. The molecule has 1 aliphatic rings. The zero-order valence-corrected chi connectivity index (χ0v) is 11.4. The number of likely N-dealkylation sites (N-methyl/N-ethyl adjacent to an activating group) is 1. The predicted molar refractivity (Wildman–Crippen MR) is 71.9 cm³/mol. The van der Waals surface area contributed by atoms with Crippen LogP contribution in [0.5, 0.6) is 0 Å². The average Bonchev–Trinajstić information content (AvgIpc) is 2.63. The van der Waals surface area contributed by atoms with Crippen molar-refractivity contribution in [2.75, 3.05) is 14.2 Å². The first-order chi connectivity index (χ1) is 9.45. The fraction of sp³-hybridized carbons (Fsp3) is 0.200. The summed E-state index contributed by atoms with van der Waals surface area (Å²) in [4.78, 5) is 25.3. The van der Waals surface area contributed by atoms with E-state index >= 15 is 0 Å². The van der Waals surface area contributed by atoms with Gasteiger partial charge in [-0.15, -0.1) is 0 Å². The summed E-state index contributed by atoms with van der Waals surface area (Å²) in [5.74, 6) is -1.30. The largest absolute Gasteiger partial charge is 0.465 e. The minimum absolute atomic E-state index is 0.211. The Kier molecular flexibility index (Phi) is 3.70. The first-order valence-corrected chi connectivity index (χ1v) is 6.00. The number of nitrogens with zero attached hydrogens (tertiary/aromatic N) is 1. The summed E-state index contributed by atoms with van der Waals surface area (Å²) in [7, 11) is 2.83. The van der Waals surface area contributed by atoms with Gasteiger partial charge in [-0.25, -0.2) is 9.18 Å². The second-order valence-electron chi connectivity index (χ2n) is 4.43. The van der Waals surface area contributed by atoms with Crippen LogP contribution in [0.25, 0.3) is 6.08 Å². The molecular weight excluding hydrogens is 261 g/mol. The van der Waals surface area contributed by atoms with Gasteiger partial charge in [0.25, 0.3) is 5.91 Å². The van der Waals surface area contributed by atoms with Crippen LogP contribution in [0, 0.1) is 5.82 Å². The van der Waals surface area contributed by atoms with Crippen LogP contribution in [0.15, 0.2) is 41.1 Å². The molecular formula is C15H14FNO3. The summed E-state index contributed by atoms with van der Waals surface area (Å²) in [6, 6.07) is 5.81. The van der Waals surface area contributed by atoms with E-state index in [1.54, 1.807) is 26.1 Å². The van der Waals surface area contributed by atoms with E-state index in [0.717, 1.165) is 0 Å². The Labute approximate surface area is 116 Å². The molecule has 0 spiro atoms.